The van der Waals surface area contributed by atoms with E-state index in [0.717, 1.165) is 57.5 Å². The third-order valence-corrected chi connectivity index (χ3v) is 6.79. The van der Waals surface area contributed by atoms with Crippen LogP contribution in [0.1, 0.15) is 42.9 Å². The summed E-state index contributed by atoms with van der Waals surface area (Å²) in [6, 6.07) is 22.9. The second-order valence-corrected chi connectivity index (χ2v) is 9.97. The number of carbonyl (C=O) groups excluding carboxylic acids is 1. The number of aryl methyl sites for hydroxylation is 2. The number of benzene rings is 3. The predicted molar refractivity (Wildman–Crippen MR) is 150 cm³/mol. The van der Waals surface area contributed by atoms with E-state index in [0.29, 0.717) is 24.3 Å². The van der Waals surface area contributed by atoms with Gasteiger partial charge in [0.1, 0.15) is 17.4 Å². The summed E-state index contributed by atoms with van der Waals surface area (Å²) < 4.78 is 24.1. The first-order valence-corrected chi connectivity index (χ1v) is 13.4. The molecule has 0 spiro atoms. The Bertz CT molecular complexity index is 1320. The minimum Gasteiger partial charge on any atom is -0.482 e. The van der Waals surface area contributed by atoms with Gasteiger partial charge in [-0.15, -0.1) is 0 Å². The molecule has 0 fully saturated rings. The predicted octanol–water partition coefficient (Wildman–Crippen LogP) is 7.05. The molecule has 0 N–H and O–H groups in total. The lowest BCUT2D eigenvalue weighted by Crippen LogP contribution is -2.21. The van der Waals surface area contributed by atoms with Crippen LogP contribution in [0.2, 0.25) is 0 Å². The molecule has 4 rings (SSSR count). The first kappa shape index (κ1) is 26.1. The van der Waals surface area contributed by atoms with Gasteiger partial charge in [0, 0.05) is 27.5 Å². The number of halogens is 2. The minimum absolute atomic E-state index is 0.226. The van der Waals surface area contributed by atoms with E-state index in [9.17, 15) is 9.18 Å². The lowest BCUT2D eigenvalue weighted by atomic mass is 10.1. The number of imidazole rings is 1. The van der Waals surface area contributed by atoms with Crippen molar-refractivity contribution in [1.82, 2.24) is 9.55 Å². The molecule has 0 saturated heterocycles. The van der Waals surface area contributed by atoms with Gasteiger partial charge in [-0.25, -0.2) is 9.37 Å². The fourth-order valence-corrected chi connectivity index (χ4v) is 4.85. The third kappa shape index (κ3) is 6.03. The first-order valence-electron chi connectivity index (χ1n) is 12.3. The maximum atomic E-state index is 14.9. The van der Waals surface area contributed by atoms with Gasteiger partial charge in [0.05, 0.1) is 17.9 Å². The van der Waals surface area contributed by atoms with Gasteiger partial charge >= 0.3 is 0 Å². The summed E-state index contributed by atoms with van der Waals surface area (Å²) in [5.74, 6) is 1.32. The highest BCUT2D eigenvalue weighted by molar-refractivity contribution is 14.1. The zero-order chi connectivity index (χ0) is 25.5. The number of aromatic nitrogens is 2. The second-order valence-electron chi connectivity index (χ2n) is 8.73. The fourth-order valence-electron chi connectivity index (χ4n) is 4.40. The van der Waals surface area contributed by atoms with Crippen LogP contribution in [0.15, 0.2) is 72.8 Å². The van der Waals surface area contributed by atoms with Crippen molar-refractivity contribution in [1.29, 1.82) is 0 Å². The molecule has 3 aromatic carbocycles. The van der Waals surface area contributed by atoms with E-state index in [1.165, 1.54) is 0 Å². The maximum Gasteiger partial charge on any atom is 0.160 e. The van der Waals surface area contributed by atoms with Crippen LogP contribution in [0.25, 0.3) is 11.3 Å². The number of ether oxygens (including phenoxy) is 1. The highest BCUT2D eigenvalue weighted by atomic mass is 127. The Kier molecular flexibility index (Phi) is 8.91. The summed E-state index contributed by atoms with van der Waals surface area (Å²) in [5, 5.41) is 0. The Balaban J connectivity index is 1.77. The summed E-state index contributed by atoms with van der Waals surface area (Å²) in [6.45, 7) is 4.56. The van der Waals surface area contributed by atoms with Gasteiger partial charge < -0.3 is 9.30 Å². The van der Waals surface area contributed by atoms with Crippen LogP contribution in [-0.2, 0) is 30.6 Å². The van der Waals surface area contributed by atoms with Gasteiger partial charge in [-0.3, -0.25) is 4.79 Å². The van der Waals surface area contributed by atoms with E-state index in [1.807, 2.05) is 66.7 Å². The quantitative estimate of drug-likeness (QED) is 0.138. The van der Waals surface area contributed by atoms with E-state index < -0.39 is 6.10 Å². The molecule has 0 aliphatic rings. The molecule has 186 valence electrons. The molecule has 0 aliphatic carbocycles. The smallest absolute Gasteiger partial charge is 0.160 e. The molecule has 6 heteroatoms. The van der Waals surface area contributed by atoms with Crippen LogP contribution in [0.4, 0.5) is 4.39 Å². The monoisotopic (exact) mass is 596 g/mol. The molecule has 0 aliphatic heterocycles. The SMILES string of the molecule is CCCc1nc(CC)c(-c2ccccc2OC(C=O)Cc2ccccc2)n1Cc1ccc(I)cc1F. The number of nitrogens with zero attached hydrogens (tertiary/aromatic N) is 2. The lowest BCUT2D eigenvalue weighted by Gasteiger charge is -2.19. The number of hydrogen-bond acceptors (Lipinski definition) is 3. The highest BCUT2D eigenvalue weighted by Gasteiger charge is 2.22. The van der Waals surface area contributed by atoms with Crippen molar-refractivity contribution in [2.75, 3.05) is 0 Å². The van der Waals surface area contributed by atoms with Gasteiger partial charge in [0.2, 0.25) is 0 Å². The number of aldehydes is 1. The minimum atomic E-state index is -0.626. The molecule has 4 aromatic rings. The molecular weight excluding hydrogens is 566 g/mol. The van der Waals surface area contributed by atoms with Crippen LogP contribution in [-0.4, -0.2) is 21.9 Å². The molecule has 1 atom stereocenters. The molecule has 1 unspecified atom stereocenters. The van der Waals surface area contributed by atoms with Gasteiger partial charge in [-0.2, -0.15) is 0 Å². The molecule has 1 aromatic heterocycles. The number of para-hydroxylation sites is 1. The van der Waals surface area contributed by atoms with E-state index in [2.05, 4.69) is 41.0 Å². The lowest BCUT2D eigenvalue weighted by molar-refractivity contribution is -0.113. The van der Waals surface area contributed by atoms with Crippen LogP contribution in [0, 0.1) is 9.39 Å². The Morgan fingerprint density at radius 2 is 1.81 bits per heavy atom. The summed E-state index contributed by atoms with van der Waals surface area (Å²) in [7, 11) is 0. The van der Waals surface area contributed by atoms with Crippen LogP contribution >= 0.6 is 22.6 Å². The average Bonchev–Trinajstić information content (AvgIpc) is 3.23. The zero-order valence-corrected chi connectivity index (χ0v) is 22.7. The largest absolute Gasteiger partial charge is 0.482 e. The van der Waals surface area contributed by atoms with Crippen molar-refractivity contribution in [2.45, 2.75) is 52.2 Å². The zero-order valence-electron chi connectivity index (χ0n) is 20.6. The van der Waals surface area contributed by atoms with Crippen molar-refractivity contribution in [2.24, 2.45) is 0 Å². The molecule has 0 radical (unpaired) electrons. The van der Waals surface area contributed by atoms with Crippen LogP contribution in [0.5, 0.6) is 5.75 Å². The summed E-state index contributed by atoms with van der Waals surface area (Å²) >= 11 is 2.12. The molecular formula is C30H30FIN2O2. The highest BCUT2D eigenvalue weighted by Crippen LogP contribution is 2.35. The number of hydrogen-bond donors (Lipinski definition) is 0. The van der Waals surface area contributed by atoms with Crippen molar-refractivity contribution >= 4 is 28.9 Å². The van der Waals surface area contributed by atoms with E-state index in [-0.39, 0.29) is 5.82 Å². The average molecular weight is 596 g/mol. The topological polar surface area (TPSA) is 44.1 Å². The van der Waals surface area contributed by atoms with E-state index in [4.69, 9.17) is 9.72 Å². The molecule has 1 heterocycles. The molecule has 0 bridgehead atoms. The van der Waals surface area contributed by atoms with Crippen molar-refractivity contribution in [3.8, 4) is 17.0 Å². The van der Waals surface area contributed by atoms with Gasteiger partial charge in [0.25, 0.3) is 0 Å². The standard InChI is InChI=1S/C30H30FIN2O2/c1-3-10-29-33-27(4-2)30(34(29)19-22-15-16-23(32)18-26(22)31)25-13-8-9-14-28(25)36-24(20-35)17-21-11-6-5-7-12-21/h5-9,11-16,18,20,24H,3-4,10,17,19H2,1-2H3. The van der Waals surface area contributed by atoms with Crippen LogP contribution in [0.3, 0.4) is 0 Å². The number of rotatable bonds is 11. The Morgan fingerprint density at radius 3 is 2.50 bits per heavy atom. The first-order chi connectivity index (χ1) is 17.5. The Morgan fingerprint density at radius 1 is 1.06 bits per heavy atom. The summed E-state index contributed by atoms with van der Waals surface area (Å²) in [5.41, 5.74) is 4.35. The van der Waals surface area contributed by atoms with Gasteiger partial charge in [0.15, 0.2) is 12.4 Å². The van der Waals surface area contributed by atoms with E-state index in [1.54, 1.807) is 6.07 Å². The summed E-state index contributed by atoms with van der Waals surface area (Å²) in [4.78, 5) is 16.9. The van der Waals surface area contributed by atoms with Crippen LogP contribution < -0.4 is 4.74 Å². The van der Waals surface area contributed by atoms with Crippen molar-refractivity contribution in [3.63, 3.8) is 0 Å². The Labute approximate surface area is 225 Å². The van der Waals surface area contributed by atoms with Gasteiger partial charge in [-0.05, 0) is 65.3 Å². The molecule has 0 amide bonds. The fraction of sp³-hybridized carbons (Fsp3) is 0.267. The maximum absolute atomic E-state index is 14.9. The normalized spacial score (nSPS) is 11.9. The molecule has 4 nitrogen and oxygen atoms in total. The number of carbonyl (C=O) groups is 1. The Hall–Kier alpha value is -3.00. The molecule has 0 saturated carbocycles. The van der Waals surface area contributed by atoms with Crippen molar-refractivity contribution in [3.05, 3.63) is 105 Å². The molecule has 36 heavy (non-hydrogen) atoms. The summed E-state index contributed by atoms with van der Waals surface area (Å²) in [6.07, 6.45) is 3.14. The third-order valence-electron chi connectivity index (χ3n) is 6.12. The van der Waals surface area contributed by atoms with Gasteiger partial charge in [-0.1, -0.05) is 62.4 Å². The second kappa shape index (κ2) is 12.3. The van der Waals surface area contributed by atoms with E-state index >= 15 is 0 Å². The van der Waals surface area contributed by atoms with Crippen molar-refractivity contribution < 1.29 is 13.9 Å².